The highest BCUT2D eigenvalue weighted by molar-refractivity contribution is 5.77. The van der Waals surface area contributed by atoms with E-state index in [0.717, 1.165) is 51.9 Å². The minimum absolute atomic E-state index is 0.230. The average Bonchev–Trinajstić information content (AvgIpc) is 0.786. The second-order valence-corrected chi connectivity index (χ2v) is 28.2. The van der Waals surface area contributed by atoms with Gasteiger partial charge in [0.2, 0.25) is 11.8 Å². The lowest BCUT2D eigenvalue weighted by molar-refractivity contribution is -0.386. The van der Waals surface area contributed by atoms with E-state index in [9.17, 15) is 75.7 Å². The van der Waals surface area contributed by atoms with Crippen molar-refractivity contribution in [2.75, 3.05) is 26.4 Å². The van der Waals surface area contributed by atoms with Gasteiger partial charge in [-0.1, -0.05) is 277 Å². The van der Waals surface area contributed by atoms with Crippen LogP contribution in [-0.2, 0) is 42.8 Å². The van der Waals surface area contributed by atoms with Gasteiger partial charge in [0.25, 0.3) is 5.79 Å². The number of aliphatic hydroxyl groups is 11. The summed E-state index contributed by atoms with van der Waals surface area (Å²) in [4.78, 5) is 38.7. The van der Waals surface area contributed by atoms with Gasteiger partial charge < -0.3 is 100 Å². The Bertz CT molecular complexity index is 1930. The predicted molar refractivity (Wildman–Crippen MR) is 366 cm³/mol. The van der Waals surface area contributed by atoms with E-state index in [-0.39, 0.29) is 18.9 Å². The standard InChI is InChI=1S/C73H138N2O21/c1-4-6-8-10-12-14-16-18-20-22-24-25-26-27-28-29-31-33-35-37-39-41-43-45-47-60(83)75-54(55(80)46-44-42-40-38-36-34-32-30-23-21-19-17-15-13-11-9-7-5-2)52-91-70-65(87)64(86)67(59(51-78)93-70)94-71-66(88)69(63(85)58(50-77)92-71)96-73(72(89)90)48-56(81)61(74-53(3)79)68(95-73)62(84)57(82)49-76/h54-59,61-71,76-78,80-82,84-88H,4-52H2,1-3H3,(H,74,79)(H,75,83)(H,89,90). The highest BCUT2D eigenvalue weighted by Gasteiger charge is 2.60. The van der Waals surface area contributed by atoms with E-state index < -0.39 is 148 Å². The highest BCUT2D eigenvalue weighted by atomic mass is 16.8. The van der Waals surface area contributed by atoms with Gasteiger partial charge in [-0.25, -0.2) is 4.79 Å². The van der Waals surface area contributed by atoms with Gasteiger partial charge in [0.05, 0.1) is 50.7 Å². The van der Waals surface area contributed by atoms with Gasteiger partial charge in [-0.15, -0.1) is 0 Å². The molecule has 3 aliphatic heterocycles. The predicted octanol–water partition coefficient (Wildman–Crippen LogP) is 8.85. The van der Waals surface area contributed by atoms with E-state index in [1.54, 1.807) is 0 Å². The van der Waals surface area contributed by atoms with Gasteiger partial charge in [0.1, 0.15) is 67.1 Å². The Kier molecular flexibility index (Phi) is 49.0. The van der Waals surface area contributed by atoms with Crippen molar-refractivity contribution in [2.24, 2.45) is 0 Å². The Morgan fingerprint density at radius 3 is 1.30 bits per heavy atom. The smallest absolute Gasteiger partial charge is 0.364 e. The van der Waals surface area contributed by atoms with Crippen molar-refractivity contribution in [1.29, 1.82) is 0 Å². The number of amides is 2. The maximum Gasteiger partial charge on any atom is 0.364 e. The summed E-state index contributed by atoms with van der Waals surface area (Å²) in [7, 11) is 0. The van der Waals surface area contributed by atoms with Gasteiger partial charge in [-0.05, 0) is 12.8 Å². The molecule has 18 unspecified atom stereocenters. The molecule has 566 valence electrons. The summed E-state index contributed by atoms with van der Waals surface area (Å²) in [5.74, 6) is -6.09. The third-order valence-corrected chi connectivity index (χ3v) is 19.8. The van der Waals surface area contributed by atoms with E-state index in [4.69, 9.17) is 28.4 Å². The maximum atomic E-state index is 13.5. The number of aliphatic hydroxyl groups excluding tert-OH is 11. The van der Waals surface area contributed by atoms with E-state index in [1.807, 2.05) is 0 Å². The average molecular weight is 1380 g/mol. The summed E-state index contributed by atoms with van der Waals surface area (Å²) >= 11 is 0. The number of nitrogens with one attached hydrogen (secondary N) is 2. The SMILES string of the molecule is CCCCCCCCCCCCCCCCCCCCCCCCCCC(=O)NC(COC1OC(CO)C(OC2OC(CO)C(O)C(OC3(C(=O)O)CC(O)C(NC(C)=O)C(C(O)C(O)CO)O3)C2O)C(O)C1O)C(O)CCCCCCCCCCCCCCCCCCCC. The second kappa shape index (κ2) is 53.5. The van der Waals surface area contributed by atoms with Crippen LogP contribution in [0.3, 0.4) is 0 Å². The van der Waals surface area contributed by atoms with Crippen LogP contribution in [0.15, 0.2) is 0 Å². The van der Waals surface area contributed by atoms with Crippen molar-refractivity contribution >= 4 is 17.8 Å². The number of hydrogen-bond donors (Lipinski definition) is 14. The molecule has 23 heteroatoms. The van der Waals surface area contributed by atoms with Crippen LogP contribution in [0.25, 0.3) is 0 Å². The molecule has 0 bridgehead atoms. The zero-order valence-corrected chi connectivity index (χ0v) is 59.5. The molecular formula is C73H138N2O21. The molecule has 3 rings (SSSR count). The van der Waals surface area contributed by atoms with E-state index >= 15 is 0 Å². The molecule has 0 aromatic heterocycles. The molecule has 3 saturated heterocycles. The fraction of sp³-hybridized carbons (Fsp3) is 0.959. The second-order valence-electron chi connectivity index (χ2n) is 28.2. The van der Waals surface area contributed by atoms with Gasteiger partial charge >= 0.3 is 5.97 Å². The van der Waals surface area contributed by atoms with Gasteiger partial charge in [0.15, 0.2) is 12.6 Å². The number of carboxylic acid groups (broad SMARTS) is 1. The fourth-order valence-electron chi connectivity index (χ4n) is 13.7. The Hall–Kier alpha value is -2.27. The zero-order valence-electron chi connectivity index (χ0n) is 59.5. The first-order chi connectivity index (χ1) is 46.4. The molecule has 3 fully saturated rings. The summed E-state index contributed by atoms with van der Waals surface area (Å²) in [5, 5.41) is 136. The number of hydrogen-bond acceptors (Lipinski definition) is 20. The molecule has 18 atom stereocenters. The molecular weight excluding hydrogens is 1240 g/mol. The first-order valence-corrected chi connectivity index (χ1v) is 38.4. The van der Waals surface area contributed by atoms with Crippen molar-refractivity contribution < 1.29 is 104 Å². The van der Waals surface area contributed by atoms with Crippen molar-refractivity contribution in [2.45, 2.75) is 420 Å². The molecule has 2 amide bonds. The van der Waals surface area contributed by atoms with Crippen molar-refractivity contribution in [3.63, 3.8) is 0 Å². The molecule has 14 N–H and O–H groups in total. The first-order valence-electron chi connectivity index (χ1n) is 38.4. The molecule has 3 aliphatic rings. The lowest BCUT2D eigenvalue weighted by atomic mass is 9.88. The normalized spacial score (nSPS) is 27.5. The van der Waals surface area contributed by atoms with Crippen LogP contribution in [0.1, 0.15) is 310 Å². The van der Waals surface area contributed by atoms with Gasteiger partial charge in [0, 0.05) is 19.8 Å². The summed E-state index contributed by atoms with van der Waals surface area (Å²) < 4.78 is 34.9. The van der Waals surface area contributed by atoms with E-state index in [2.05, 4.69) is 24.5 Å². The summed E-state index contributed by atoms with van der Waals surface area (Å²) in [6.07, 6.45) is 23.8. The van der Waals surface area contributed by atoms with Crippen molar-refractivity contribution in [1.82, 2.24) is 10.6 Å². The molecule has 0 aromatic carbocycles. The molecule has 0 saturated carbocycles. The van der Waals surface area contributed by atoms with Crippen LogP contribution in [-0.4, -0.2) is 215 Å². The van der Waals surface area contributed by atoms with Crippen molar-refractivity contribution in [3.8, 4) is 0 Å². The number of carboxylic acids is 1. The van der Waals surface area contributed by atoms with Crippen LogP contribution in [0.2, 0.25) is 0 Å². The third kappa shape index (κ3) is 34.6. The third-order valence-electron chi connectivity index (χ3n) is 19.8. The largest absolute Gasteiger partial charge is 0.477 e. The van der Waals surface area contributed by atoms with Crippen molar-refractivity contribution in [3.05, 3.63) is 0 Å². The molecule has 0 aliphatic carbocycles. The Morgan fingerprint density at radius 2 is 0.906 bits per heavy atom. The molecule has 0 spiro atoms. The number of unbranched alkanes of at least 4 members (excludes halogenated alkanes) is 40. The Morgan fingerprint density at radius 1 is 0.500 bits per heavy atom. The summed E-state index contributed by atoms with van der Waals surface area (Å²) in [5.41, 5.74) is 0. The number of carbonyl (C=O) groups excluding carboxylic acids is 2. The highest BCUT2D eigenvalue weighted by Crippen LogP contribution is 2.39. The number of ether oxygens (including phenoxy) is 6. The van der Waals surface area contributed by atoms with Crippen LogP contribution in [0.4, 0.5) is 0 Å². The molecule has 96 heavy (non-hydrogen) atoms. The summed E-state index contributed by atoms with van der Waals surface area (Å²) in [6.45, 7) is 2.25. The number of carbonyl (C=O) groups is 3. The quantitative estimate of drug-likeness (QED) is 0.0253. The minimum atomic E-state index is -3.08. The number of rotatable bonds is 60. The van der Waals surface area contributed by atoms with E-state index in [0.29, 0.717) is 19.3 Å². The van der Waals surface area contributed by atoms with Crippen LogP contribution in [0.5, 0.6) is 0 Å². The fourth-order valence-corrected chi connectivity index (χ4v) is 13.7. The van der Waals surface area contributed by atoms with Crippen LogP contribution < -0.4 is 10.6 Å². The maximum absolute atomic E-state index is 13.5. The molecule has 0 aromatic rings. The first kappa shape index (κ1) is 87.9. The minimum Gasteiger partial charge on any atom is -0.477 e. The van der Waals surface area contributed by atoms with Crippen LogP contribution >= 0.6 is 0 Å². The Labute approximate surface area is 576 Å². The topological polar surface area (TPSA) is 373 Å². The monoisotopic (exact) mass is 1380 g/mol. The Balaban J connectivity index is 1.53. The molecule has 23 nitrogen and oxygen atoms in total. The van der Waals surface area contributed by atoms with Gasteiger partial charge in [-0.2, -0.15) is 0 Å². The number of aliphatic carboxylic acids is 1. The molecule has 0 radical (unpaired) electrons. The lowest BCUT2D eigenvalue weighted by Crippen LogP contribution is -2.70. The van der Waals surface area contributed by atoms with E-state index in [1.165, 1.54) is 212 Å². The zero-order chi connectivity index (χ0) is 70.4. The lowest BCUT2D eigenvalue weighted by Gasteiger charge is -2.50. The summed E-state index contributed by atoms with van der Waals surface area (Å²) in [6, 6.07) is -2.52. The van der Waals surface area contributed by atoms with Crippen LogP contribution in [0, 0.1) is 0 Å². The van der Waals surface area contributed by atoms with Gasteiger partial charge in [-0.3, -0.25) is 9.59 Å². The molecule has 3 heterocycles.